The summed E-state index contributed by atoms with van der Waals surface area (Å²) in [6, 6.07) is 4.84. The number of isothiocyanates is 1. The average Bonchev–Trinajstić information content (AvgIpc) is 2.31. The molecule has 0 amide bonds. The van der Waals surface area contributed by atoms with E-state index in [1.165, 1.54) is 0 Å². The van der Waals surface area contributed by atoms with Gasteiger partial charge >= 0.3 is 0 Å². The molecule has 3 nitrogen and oxygen atoms in total. The fraction of sp³-hybridized carbons (Fsp3) is 0.364. The van der Waals surface area contributed by atoms with Gasteiger partial charge in [-0.3, -0.25) is 0 Å². The highest BCUT2D eigenvalue weighted by Crippen LogP contribution is 2.29. The van der Waals surface area contributed by atoms with Crippen LogP contribution < -0.4 is 0 Å². The lowest BCUT2D eigenvalue weighted by Gasteiger charge is -2.17. The predicted molar refractivity (Wildman–Crippen MR) is 75.5 cm³/mol. The summed E-state index contributed by atoms with van der Waals surface area (Å²) in [5.41, 5.74) is 1.04. The van der Waals surface area contributed by atoms with E-state index in [9.17, 15) is 10.2 Å². The Bertz CT molecular complexity index is 437. The summed E-state index contributed by atoms with van der Waals surface area (Å²) in [6.07, 6.45) is -1.33. The number of benzene rings is 1. The van der Waals surface area contributed by atoms with Crippen molar-refractivity contribution in [2.45, 2.75) is 18.6 Å². The fourth-order valence-electron chi connectivity index (χ4n) is 1.34. The van der Waals surface area contributed by atoms with Crippen LogP contribution >= 0.6 is 39.7 Å². The lowest BCUT2D eigenvalue weighted by atomic mass is 10.0. The zero-order valence-corrected chi connectivity index (χ0v) is 12.0. The van der Waals surface area contributed by atoms with E-state index in [-0.39, 0.29) is 0 Å². The number of nitrogens with zero attached hydrogens (tertiary/aromatic N) is 1. The molecule has 0 saturated carbocycles. The molecule has 17 heavy (non-hydrogen) atoms. The van der Waals surface area contributed by atoms with Crippen LogP contribution in [-0.2, 0) is 0 Å². The summed E-state index contributed by atoms with van der Waals surface area (Å²) in [6.45, 7) is 0. The van der Waals surface area contributed by atoms with E-state index in [0.717, 1.165) is 0 Å². The quantitative estimate of drug-likeness (QED) is 0.493. The van der Waals surface area contributed by atoms with Crippen molar-refractivity contribution in [3.8, 4) is 0 Å². The number of thiocarbonyl (C=S) groups is 1. The standard InChI is InChI=1S/C11H11BrClNO2S/c12-4-3-10(15)11(16)7-1-2-9(14-6-17)8(13)5-7/h1-2,5,10-11,15-16H,3-4H2. The third kappa shape index (κ3) is 4.14. The van der Waals surface area contributed by atoms with Crippen LogP contribution in [0.2, 0.25) is 5.02 Å². The van der Waals surface area contributed by atoms with Crippen molar-refractivity contribution in [2.24, 2.45) is 4.99 Å². The highest BCUT2D eigenvalue weighted by atomic mass is 79.9. The first-order valence-corrected chi connectivity index (χ1v) is 6.80. The van der Waals surface area contributed by atoms with Gasteiger partial charge < -0.3 is 10.2 Å². The van der Waals surface area contributed by atoms with Crippen LogP contribution in [0.25, 0.3) is 0 Å². The molecule has 0 aromatic heterocycles. The van der Waals surface area contributed by atoms with Gasteiger partial charge in [-0.2, -0.15) is 4.99 Å². The fourth-order valence-corrected chi connectivity index (χ4v) is 2.14. The number of halogens is 2. The van der Waals surface area contributed by atoms with Crippen molar-refractivity contribution in [3.05, 3.63) is 28.8 Å². The lowest BCUT2D eigenvalue weighted by Crippen LogP contribution is -2.18. The monoisotopic (exact) mass is 335 g/mol. The maximum atomic E-state index is 9.87. The van der Waals surface area contributed by atoms with Gasteiger partial charge in [0.05, 0.1) is 22.0 Å². The first-order valence-electron chi connectivity index (χ1n) is 4.89. The molecule has 0 radical (unpaired) electrons. The van der Waals surface area contributed by atoms with Gasteiger partial charge in [-0.1, -0.05) is 33.6 Å². The second-order valence-electron chi connectivity index (χ2n) is 3.40. The highest BCUT2D eigenvalue weighted by Gasteiger charge is 2.18. The number of rotatable bonds is 5. The van der Waals surface area contributed by atoms with Gasteiger partial charge in [-0.15, -0.1) is 0 Å². The van der Waals surface area contributed by atoms with E-state index in [2.05, 4.69) is 38.3 Å². The summed E-state index contributed by atoms with van der Waals surface area (Å²) in [4.78, 5) is 3.77. The zero-order chi connectivity index (χ0) is 12.8. The maximum absolute atomic E-state index is 9.87. The smallest absolute Gasteiger partial charge is 0.105 e. The third-order valence-corrected chi connectivity index (χ3v) is 3.10. The van der Waals surface area contributed by atoms with E-state index in [1.807, 2.05) is 0 Å². The van der Waals surface area contributed by atoms with Gasteiger partial charge in [-0.25, -0.2) is 0 Å². The molecule has 0 fully saturated rings. The molecule has 2 N–H and O–H groups in total. The number of hydrogen-bond donors (Lipinski definition) is 2. The van der Waals surface area contributed by atoms with Crippen LogP contribution in [0.5, 0.6) is 0 Å². The molecule has 2 atom stereocenters. The van der Waals surface area contributed by atoms with Crippen molar-refractivity contribution in [1.82, 2.24) is 0 Å². The topological polar surface area (TPSA) is 52.8 Å². The molecule has 0 aliphatic heterocycles. The Kier molecular flexibility index (Phi) is 6.27. The zero-order valence-electron chi connectivity index (χ0n) is 8.81. The third-order valence-electron chi connectivity index (χ3n) is 2.25. The van der Waals surface area contributed by atoms with Crippen LogP contribution in [-0.4, -0.2) is 26.8 Å². The molecule has 6 heteroatoms. The van der Waals surface area contributed by atoms with Crippen LogP contribution in [0.1, 0.15) is 18.1 Å². The van der Waals surface area contributed by atoms with Crippen molar-refractivity contribution in [2.75, 3.05) is 5.33 Å². The number of aliphatic hydroxyl groups excluding tert-OH is 2. The Morgan fingerprint density at radius 1 is 1.47 bits per heavy atom. The van der Waals surface area contributed by atoms with Crippen LogP contribution in [0.4, 0.5) is 5.69 Å². The van der Waals surface area contributed by atoms with Crippen molar-refractivity contribution < 1.29 is 10.2 Å². The second-order valence-corrected chi connectivity index (χ2v) is 4.79. The minimum absolute atomic E-state index is 0.366. The summed E-state index contributed by atoms with van der Waals surface area (Å²) in [5, 5.41) is 22.7. The van der Waals surface area contributed by atoms with Crippen LogP contribution in [0.15, 0.2) is 23.2 Å². The Hall–Kier alpha value is -0.290. The Balaban J connectivity index is 2.92. The first kappa shape index (κ1) is 14.8. The highest BCUT2D eigenvalue weighted by molar-refractivity contribution is 9.09. The van der Waals surface area contributed by atoms with Gasteiger partial charge in [0, 0.05) is 5.33 Å². The molecular formula is C11H11BrClNO2S. The largest absolute Gasteiger partial charge is 0.390 e. The molecule has 92 valence electrons. The molecule has 0 heterocycles. The molecule has 2 unspecified atom stereocenters. The van der Waals surface area contributed by atoms with E-state index < -0.39 is 12.2 Å². The van der Waals surface area contributed by atoms with Gasteiger partial charge in [-0.05, 0) is 36.3 Å². The summed E-state index contributed by atoms with van der Waals surface area (Å²) in [7, 11) is 0. The lowest BCUT2D eigenvalue weighted by molar-refractivity contribution is 0.0174. The van der Waals surface area contributed by atoms with E-state index in [1.54, 1.807) is 18.2 Å². The molecule has 0 bridgehead atoms. The molecule has 0 saturated heterocycles. The number of aliphatic imine (C=N–C) groups is 1. The van der Waals surface area contributed by atoms with Crippen LogP contribution in [0.3, 0.4) is 0 Å². The minimum Gasteiger partial charge on any atom is -0.390 e. The van der Waals surface area contributed by atoms with E-state index >= 15 is 0 Å². The van der Waals surface area contributed by atoms with Crippen molar-refractivity contribution >= 4 is 50.6 Å². The normalized spacial score (nSPS) is 13.9. The van der Waals surface area contributed by atoms with Crippen molar-refractivity contribution in [1.29, 1.82) is 0 Å². The molecule has 0 aliphatic rings. The van der Waals surface area contributed by atoms with Gasteiger partial charge in [0.1, 0.15) is 6.10 Å². The molecule has 1 rings (SSSR count). The number of alkyl halides is 1. The van der Waals surface area contributed by atoms with E-state index in [0.29, 0.717) is 28.0 Å². The van der Waals surface area contributed by atoms with Crippen molar-refractivity contribution in [3.63, 3.8) is 0 Å². The predicted octanol–water partition coefficient (Wildman–Crippen LogP) is 3.25. The Morgan fingerprint density at radius 3 is 2.71 bits per heavy atom. The Morgan fingerprint density at radius 2 is 2.18 bits per heavy atom. The van der Waals surface area contributed by atoms with Gasteiger partial charge in [0.15, 0.2) is 0 Å². The number of hydrogen-bond acceptors (Lipinski definition) is 4. The van der Waals surface area contributed by atoms with E-state index in [4.69, 9.17) is 11.6 Å². The average molecular weight is 337 g/mol. The first-order chi connectivity index (χ1) is 8.10. The SMILES string of the molecule is OC(CCBr)C(O)c1ccc(N=C=S)c(Cl)c1. The second kappa shape index (κ2) is 7.21. The molecule has 0 spiro atoms. The van der Waals surface area contributed by atoms with Crippen LogP contribution in [0, 0.1) is 0 Å². The van der Waals surface area contributed by atoms with Gasteiger partial charge in [0.25, 0.3) is 0 Å². The molecule has 1 aromatic carbocycles. The summed E-state index contributed by atoms with van der Waals surface area (Å²) in [5.74, 6) is 0. The number of aliphatic hydroxyl groups is 2. The molecule has 1 aromatic rings. The maximum Gasteiger partial charge on any atom is 0.105 e. The molecule has 0 aliphatic carbocycles. The minimum atomic E-state index is -0.962. The summed E-state index contributed by atoms with van der Waals surface area (Å²) < 4.78 is 0. The Labute approximate surface area is 118 Å². The van der Waals surface area contributed by atoms with Gasteiger partial charge in [0.2, 0.25) is 0 Å². The summed E-state index contributed by atoms with van der Waals surface area (Å²) >= 11 is 13.6. The molecular weight excluding hydrogens is 326 g/mol.